The highest BCUT2D eigenvalue weighted by molar-refractivity contribution is 6.35. The first-order valence-corrected chi connectivity index (χ1v) is 8.46. The Kier molecular flexibility index (Phi) is 5.59. The number of anilines is 1. The zero-order valence-electron chi connectivity index (χ0n) is 13.7. The van der Waals surface area contributed by atoms with Crippen molar-refractivity contribution >= 4 is 46.6 Å². The molecule has 0 saturated heterocycles. The summed E-state index contributed by atoms with van der Waals surface area (Å²) in [5, 5.41) is 14.3. The fourth-order valence-corrected chi connectivity index (χ4v) is 2.86. The fourth-order valence-electron chi connectivity index (χ4n) is 2.33. The first-order chi connectivity index (χ1) is 12.9. The summed E-state index contributed by atoms with van der Waals surface area (Å²) in [6.07, 6.45) is 2.76. The van der Waals surface area contributed by atoms with Crippen LogP contribution in [-0.2, 0) is 4.79 Å². The molecule has 2 aromatic carbocycles. The molecule has 0 aliphatic heterocycles. The molecule has 0 radical (unpaired) electrons. The first-order valence-electron chi connectivity index (χ1n) is 7.70. The first kappa shape index (κ1) is 18.7. The lowest BCUT2D eigenvalue weighted by Gasteiger charge is -2.01. The number of hydrogen-bond acceptors (Lipinski definition) is 4. The number of carbonyl (C=O) groups is 1. The number of furan rings is 1. The van der Waals surface area contributed by atoms with Gasteiger partial charge in [0.2, 0.25) is 5.91 Å². The molecule has 0 bridgehead atoms. The van der Waals surface area contributed by atoms with Gasteiger partial charge in [0.15, 0.2) is 0 Å². The van der Waals surface area contributed by atoms with E-state index in [1.807, 2.05) is 0 Å². The van der Waals surface area contributed by atoms with E-state index in [2.05, 4.69) is 5.32 Å². The second kappa shape index (κ2) is 8.07. The van der Waals surface area contributed by atoms with Crippen molar-refractivity contribution in [3.05, 3.63) is 86.6 Å². The maximum Gasteiger partial charge on any atom is 0.271 e. The zero-order chi connectivity index (χ0) is 19.4. The van der Waals surface area contributed by atoms with Crippen molar-refractivity contribution in [3.8, 4) is 11.3 Å². The summed E-state index contributed by atoms with van der Waals surface area (Å²) in [6.45, 7) is 0. The van der Waals surface area contributed by atoms with Gasteiger partial charge in [-0.3, -0.25) is 14.9 Å². The van der Waals surface area contributed by atoms with E-state index in [4.69, 9.17) is 27.6 Å². The number of nitro benzene ring substituents is 1. The molecule has 3 aromatic rings. The van der Waals surface area contributed by atoms with Crippen LogP contribution in [0.25, 0.3) is 17.4 Å². The van der Waals surface area contributed by atoms with Gasteiger partial charge in [0.25, 0.3) is 5.69 Å². The van der Waals surface area contributed by atoms with Crippen LogP contribution in [0.2, 0.25) is 10.0 Å². The molecule has 27 heavy (non-hydrogen) atoms. The molecule has 0 saturated carbocycles. The Morgan fingerprint density at radius 2 is 1.81 bits per heavy atom. The highest BCUT2D eigenvalue weighted by Crippen LogP contribution is 2.29. The number of nitrogens with one attached hydrogen (secondary N) is 1. The van der Waals surface area contributed by atoms with E-state index < -0.39 is 10.8 Å². The van der Waals surface area contributed by atoms with Gasteiger partial charge >= 0.3 is 0 Å². The maximum absolute atomic E-state index is 12.0. The third-order valence-electron chi connectivity index (χ3n) is 3.50. The summed E-state index contributed by atoms with van der Waals surface area (Å²) >= 11 is 12.0. The highest BCUT2D eigenvalue weighted by Gasteiger charge is 2.08. The topological polar surface area (TPSA) is 85.4 Å². The van der Waals surface area contributed by atoms with Gasteiger partial charge < -0.3 is 9.73 Å². The minimum absolute atomic E-state index is 0.104. The molecule has 0 aliphatic rings. The van der Waals surface area contributed by atoms with Crippen molar-refractivity contribution in [1.82, 2.24) is 0 Å². The van der Waals surface area contributed by atoms with Crippen molar-refractivity contribution < 1.29 is 14.1 Å². The Hall–Kier alpha value is -3.09. The van der Waals surface area contributed by atoms with Gasteiger partial charge in [-0.25, -0.2) is 0 Å². The summed E-state index contributed by atoms with van der Waals surface area (Å²) in [5.74, 6) is 0.563. The van der Waals surface area contributed by atoms with Gasteiger partial charge in [0, 0.05) is 39.5 Å². The number of non-ortho nitro benzene ring substituents is 1. The van der Waals surface area contributed by atoms with E-state index in [0.717, 1.165) is 0 Å². The van der Waals surface area contributed by atoms with Crippen LogP contribution in [0.4, 0.5) is 11.4 Å². The third-order valence-corrected chi connectivity index (χ3v) is 3.93. The number of amides is 1. The van der Waals surface area contributed by atoms with Gasteiger partial charge in [-0.2, -0.15) is 0 Å². The van der Waals surface area contributed by atoms with E-state index >= 15 is 0 Å². The summed E-state index contributed by atoms with van der Waals surface area (Å²) in [5.41, 5.74) is 0.938. The largest absolute Gasteiger partial charge is 0.457 e. The average molecular weight is 403 g/mol. The van der Waals surface area contributed by atoms with Crippen LogP contribution in [0.1, 0.15) is 5.76 Å². The van der Waals surface area contributed by atoms with Gasteiger partial charge in [0.05, 0.1) is 4.92 Å². The Bertz CT molecular complexity index is 1020. The minimum Gasteiger partial charge on any atom is -0.457 e. The Labute approximate surface area is 164 Å². The van der Waals surface area contributed by atoms with Crippen LogP contribution >= 0.6 is 23.2 Å². The molecule has 6 nitrogen and oxygen atoms in total. The molecule has 0 spiro atoms. The van der Waals surface area contributed by atoms with Crippen LogP contribution in [-0.4, -0.2) is 10.8 Å². The Balaban J connectivity index is 1.69. The van der Waals surface area contributed by atoms with Crippen molar-refractivity contribution in [3.63, 3.8) is 0 Å². The third kappa shape index (κ3) is 4.97. The predicted molar refractivity (Wildman–Crippen MR) is 105 cm³/mol. The van der Waals surface area contributed by atoms with E-state index in [9.17, 15) is 14.9 Å². The quantitative estimate of drug-likeness (QED) is 0.331. The summed E-state index contributed by atoms with van der Waals surface area (Å²) in [4.78, 5) is 22.2. The fraction of sp³-hybridized carbons (Fsp3) is 0. The average Bonchev–Trinajstić information content (AvgIpc) is 3.08. The minimum atomic E-state index is -0.530. The second-order valence-corrected chi connectivity index (χ2v) is 6.36. The van der Waals surface area contributed by atoms with Crippen molar-refractivity contribution in [2.24, 2.45) is 0 Å². The van der Waals surface area contributed by atoms with Crippen LogP contribution in [0.5, 0.6) is 0 Å². The molecule has 136 valence electrons. The normalized spacial score (nSPS) is 10.9. The number of hydrogen-bond donors (Lipinski definition) is 1. The molecule has 1 N–H and O–H groups in total. The molecule has 0 fully saturated rings. The lowest BCUT2D eigenvalue weighted by Crippen LogP contribution is -2.07. The molecule has 0 atom stereocenters. The van der Waals surface area contributed by atoms with Crippen LogP contribution < -0.4 is 5.32 Å². The van der Waals surface area contributed by atoms with Gasteiger partial charge in [-0.15, -0.1) is 0 Å². The molecular weight excluding hydrogens is 391 g/mol. The van der Waals surface area contributed by atoms with Crippen molar-refractivity contribution in [2.45, 2.75) is 0 Å². The maximum atomic E-state index is 12.0. The standard InChI is InChI=1S/C19H12Cl2N2O4/c20-13-8-12(9-14(21)10-13)18-6-4-17(27-18)5-7-19(24)22-15-2-1-3-16(11-15)23(25)26/h1-11H,(H,22,24)/b7-5+. The number of halogens is 2. The lowest BCUT2D eigenvalue weighted by molar-refractivity contribution is -0.384. The number of nitrogens with zero attached hydrogens (tertiary/aromatic N) is 1. The van der Waals surface area contributed by atoms with Crippen molar-refractivity contribution in [2.75, 3.05) is 5.32 Å². The molecule has 3 rings (SSSR count). The van der Waals surface area contributed by atoms with E-state index in [1.54, 1.807) is 36.4 Å². The molecular formula is C19H12Cl2N2O4. The van der Waals surface area contributed by atoms with Gasteiger partial charge in [0.1, 0.15) is 11.5 Å². The molecule has 8 heteroatoms. The SMILES string of the molecule is O=C(/C=C/c1ccc(-c2cc(Cl)cc(Cl)c2)o1)Nc1cccc([N+](=O)[O-])c1. The van der Waals surface area contributed by atoms with E-state index in [1.165, 1.54) is 30.4 Å². The summed E-state index contributed by atoms with van der Waals surface area (Å²) in [6, 6.07) is 14.2. The van der Waals surface area contributed by atoms with Crippen LogP contribution in [0.15, 0.2) is 65.1 Å². The molecule has 0 aliphatic carbocycles. The van der Waals surface area contributed by atoms with E-state index in [0.29, 0.717) is 32.8 Å². The van der Waals surface area contributed by atoms with E-state index in [-0.39, 0.29) is 5.69 Å². The van der Waals surface area contributed by atoms with Gasteiger partial charge in [-0.05, 0) is 42.5 Å². The number of nitro groups is 1. The number of rotatable bonds is 5. The Morgan fingerprint density at radius 1 is 1.07 bits per heavy atom. The number of carbonyl (C=O) groups excluding carboxylic acids is 1. The highest BCUT2D eigenvalue weighted by atomic mass is 35.5. The predicted octanol–water partition coefficient (Wildman–Crippen LogP) is 5.81. The zero-order valence-corrected chi connectivity index (χ0v) is 15.2. The van der Waals surface area contributed by atoms with Crippen molar-refractivity contribution in [1.29, 1.82) is 0 Å². The second-order valence-electron chi connectivity index (χ2n) is 5.49. The summed E-state index contributed by atoms with van der Waals surface area (Å²) in [7, 11) is 0. The molecule has 1 heterocycles. The molecule has 1 amide bonds. The summed E-state index contributed by atoms with van der Waals surface area (Å²) < 4.78 is 5.66. The molecule has 1 aromatic heterocycles. The smallest absolute Gasteiger partial charge is 0.271 e. The lowest BCUT2D eigenvalue weighted by atomic mass is 10.2. The molecule has 0 unspecified atom stereocenters. The van der Waals surface area contributed by atoms with Gasteiger partial charge in [-0.1, -0.05) is 29.3 Å². The Morgan fingerprint density at radius 3 is 2.52 bits per heavy atom. The number of benzene rings is 2. The van der Waals surface area contributed by atoms with Crippen LogP contribution in [0, 0.1) is 10.1 Å². The monoisotopic (exact) mass is 402 g/mol. The van der Waals surface area contributed by atoms with Crippen LogP contribution in [0.3, 0.4) is 0 Å².